The molecule has 0 saturated heterocycles. The number of hydrogen-bond acceptors (Lipinski definition) is 4. The van der Waals surface area contributed by atoms with Crippen LogP contribution >= 0.6 is 0 Å². The Bertz CT molecular complexity index is 2910. The van der Waals surface area contributed by atoms with Gasteiger partial charge >= 0.3 is 0 Å². The molecule has 0 aliphatic rings. The Kier molecular flexibility index (Phi) is 8.12. The van der Waals surface area contributed by atoms with E-state index in [0.29, 0.717) is 5.89 Å². The first-order valence-electron chi connectivity index (χ1n) is 18.5. The molecule has 0 atom stereocenters. The quantitative estimate of drug-likeness (QED) is 0.158. The van der Waals surface area contributed by atoms with Crippen molar-refractivity contribution >= 4 is 66.8 Å². The summed E-state index contributed by atoms with van der Waals surface area (Å²) in [5.41, 5.74) is 11.1. The molecule has 0 aliphatic carbocycles. The number of rotatable bonds is 8. The third-order valence-electron chi connectivity index (χ3n) is 10.2. The van der Waals surface area contributed by atoms with E-state index in [9.17, 15) is 0 Å². The molecule has 0 fully saturated rings. The van der Waals surface area contributed by atoms with Crippen LogP contribution in [0.4, 0.5) is 34.1 Å². The molecule has 10 aromatic rings. The average molecular weight is 706 g/mol. The fourth-order valence-electron chi connectivity index (χ4n) is 7.59. The summed E-state index contributed by atoms with van der Waals surface area (Å²) in [7, 11) is 0. The minimum atomic E-state index is 0.598. The summed E-state index contributed by atoms with van der Waals surface area (Å²) < 4.78 is 6.47. The summed E-state index contributed by atoms with van der Waals surface area (Å²) in [6, 6.07) is 74.7. The Hall–Kier alpha value is -7.43. The zero-order valence-corrected chi connectivity index (χ0v) is 30.0. The van der Waals surface area contributed by atoms with Crippen LogP contribution in [0.15, 0.2) is 217 Å². The zero-order chi connectivity index (χ0) is 36.6. The maximum absolute atomic E-state index is 6.47. The van der Waals surface area contributed by atoms with Gasteiger partial charge in [-0.3, -0.25) is 0 Å². The van der Waals surface area contributed by atoms with E-state index in [-0.39, 0.29) is 0 Å². The summed E-state index contributed by atoms with van der Waals surface area (Å²) in [5.74, 6) is 0.598. The van der Waals surface area contributed by atoms with Crippen LogP contribution in [-0.2, 0) is 0 Å². The Morgan fingerprint density at radius 2 is 0.891 bits per heavy atom. The van der Waals surface area contributed by atoms with Crippen LogP contribution < -0.4 is 9.80 Å². The molecule has 0 amide bonds. The second-order valence-electron chi connectivity index (χ2n) is 13.6. The molecule has 1 heterocycles. The van der Waals surface area contributed by atoms with Crippen molar-refractivity contribution in [3.8, 4) is 22.6 Å². The normalized spacial score (nSPS) is 11.3. The second kappa shape index (κ2) is 13.8. The lowest BCUT2D eigenvalue weighted by molar-refractivity contribution is 0.620. The molecular weight excluding hydrogens is 671 g/mol. The maximum Gasteiger partial charge on any atom is 0.227 e. The van der Waals surface area contributed by atoms with Gasteiger partial charge in [0.25, 0.3) is 0 Å². The SMILES string of the molecule is c1ccc(-c2ccc(N(c3ccccc3)c3cc(N(c4ccccc4)c4ccc5ccccc5c4)cc4c3ccc3oc(-c5ccccc5)nc34)cc2)cc1. The number of fused-ring (bicyclic) bond motifs is 4. The topological polar surface area (TPSA) is 32.5 Å². The highest BCUT2D eigenvalue weighted by molar-refractivity contribution is 6.13. The molecular formula is C51H35N3O. The Balaban J connectivity index is 1.25. The molecule has 4 nitrogen and oxygen atoms in total. The van der Waals surface area contributed by atoms with Gasteiger partial charge in [0.2, 0.25) is 5.89 Å². The molecule has 4 heteroatoms. The molecule has 1 aromatic heterocycles. The van der Waals surface area contributed by atoms with E-state index in [1.807, 2.05) is 30.3 Å². The summed E-state index contributed by atoms with van der Waals surface area (Å²) in [5, 5.41) is 4.44. The lowest BCUT2D eigenvalue weighted by atomic mass is 10.0. The first kappa shape index (κ1) is 32.2. The number of aromatic nitrogens is 1. The Morgan fingerprint density at radius 1 is 0.345 bits per heavy atom. The van der Waals surface area contributed by atoms with Gasteiger partial charge in [0.05, 0.1) is 5.69 Å². The number of nitrogens with zero attached hydrogens (tertiary/aromatic N) is 3. The second-order valence-corrected chi connectivity index (χ2v) is 13.6. The maximum atomic E-state index is 6.47. The van der Waals surface area contributed by atoms with Crippen molar-refractivity contribution in [1.82, 2.24) is 4.98 Å². The molecule has 10 rings (SSSR count). The zero-order valence-electron chi connectivity index (χ0n) is 30.0. The predicted molar refractivity (Wildman–Crippen MR) is 229 cm³/mol. The highest BCUT2D eigenvalue weighted by Crippen LogP contribution is 2.46. The van der Waals surface area contributed by atoms with Gasteiger partial charge < -0.3 is 14.2 Å². The average Bonchev–Trinajstić information content (AvgIpc) is 3.71. The molecule has 0 N–H and O–H groups in total. The van der Waals surface area contributed by atoms with Crippen molar-refractivity contribution in [1.29, 1.82) is 0 Å². The number of hydrogen-bond donors (Lipinski definition) is 0. The monoisotopic (exact) mass is 705 g/mol. The first-order valence-corrected chi connectivity index (χ1v) is 18.5. The smallest absolute Gasteiger partial charge is 0.227 e. The molecule has 9 aromatic carbocycles. The third kappa shape index (κ3) is 6.06. The van der Waals surface area contributed by atoms with Crippen molar-refractivity contribution in [3.05, 3.63) is 212 Å². The highest BCUT2D eigenvalue weighted by Gasteiger charge is 2.23. The van der Waals surface area contributed by atoms with Gasteiger partial charge in [-0.1, -0.05) is 127 Å². The van der Waals surface area contributed by atoms with Crippen LogP contribution in [0.25, 0.3) is 55.2 Å². The minimum absolute atomic E-state index is 0.598. The number of para-hydroxylation sites is 2. The van der Waals surface area contributed by atoms with Crippen molar-refractivity contribution in [3.63, 3.8) is 0 Å². The standard InChI is InChI=1S/C51H35N3O/c1-5-15-36(16-6-1)38-25-28-43(29-26-38)54(42-23-11-4-12-24-42)48-35-45(34-47-46(48)31-32-49-50(47)52-51(55-49)39-18-7-2-8-19-39)53(41-21-9-3-10-22-41)44-30-27-37-17-13-14-20-40(37)33-44/h1-35H. The van der Waals surface area contributed by atoms with E-state index in [4.69, 9.17) is 9.40 Å². The van der Waals surface area contributed by atoms with Gasteiger partial charge in [0, 0.05) is 44.8 Å². The molecule has 0 bridgehead atoms. The van der Waals surface area contributed by atoms with E-state index in [0.717, 1.165) is 61.6 Å². The molecule has 0 aliphatic heterocycles. The number of benzene rings is 9. The van der Waals surface area contributed by atoms with Crippen LogP contribution in [0.2, 0.25) is 0 Å². The van der Waals surface area contributed by atoms with Crippen LogP contribution in [0.1, 0.15) is 0 Å². The van der Waals surface area contributed by atoms with Crippen LogP contribution in [0.3, 0.4) is 0 Å². The fourth-order valence-corrected chi connectivity index (χ4v) is 7.59. The van der Waals surface area contributed by atoms with Gasteiger partial charge in [-0.25, -0.2) is 4.98 Å². The first-order chi connectivity index (χ1) is 27.3. The van der Waals surface area contributed by atoms with Crippen molar-refractivity contribution < 1.29 is 4.42 Å². The van der Waals surface area contributed by atoms with E-state index in [1.54, 1.807) is 0 Å². The molecule has 55 heavy (non-hydrogen) atoms. The lowest BCUT2D eigenvalue weighted by Gasteiger charge is -2.31. The predicted octanol–water partition coefficient (Wildman–Crippen LogP) is 14.4. The number of oxazole rings is 1. The highest BCUT2D eigenvalue weighted by atomic mass is 16.3. The fraction of sp³-hybridized carbons (Fsp3) is 0. The summed E-state index contributed by atoms with van der Waals surface area (Å²) >= 11 is 0. The van der Waals surface area contributed by atoms with Crippen LogP contribution in [-0.4, -0.2) is 4.98 Å². The molecule has 260 valence electrons. The van der Waals surface area contributed by atoms with Gasteiger partial charge in [-0.05, 0) is 107 Å². The van der Waals surface area contributed by atoms with Crippen LogP contribution in [0.5, 0.6) is 0 Å². The summed E-state index contributed by atoms with van der Waals surface area (Å²) in [6.45, 7) is 0. The molecule has 0 spiro atoms. The van der Waals surface area contributed by atoms with E-state index >= 15 is 0 Å². The molecule has 0 radical (unpaired) electrons. The van der Waals surface area contributed by atoms with Crippen molar-refractivity contribution in [2.45, 2.75) is 0 Å². The Labute approximate surface area is 319 Å². The number of anilines is 6. The molecule has 0 saturated carbocycles. The van der Waals surface area contributed by atoms with Gasteiger partial charge in [0.15, 0.2) is 5.58 Å². The largest absolute Gasteiger partial charge is 0.436 e. The minimum Gasteiger partial charge on any atom is -0.436 e. The van der Waals surface area contributed by atoms with E-state index in [2.05, 4.69) is 192 Å². The Morgan fingerprint density at radius 3 is 1.58 bits per heavy atom. The van der Waals surface area contributed by atoms with Gasteiger partial charge in [0.1, 0.15) is 5.52 Å². The lowest BCUT2D eigenvalue weighted by Crippen LogP contribution is -2.14. The van der Waals surface area contributed by atoms with E-state index < -0.39 is 0 Å². The van der Waals surface area contributed by atoms with Crippen molar-refractivity contribution in [2.75, 3.05) is 9.80 Å². The third-order valence-corrected chi connectivity index (χ3v) is 10.2. The van der Waals surface area contributed by atoms with Crippen LogP contribution in [0, 0.1) is 0 Å². The summed E-state index contributed by atoms with van der Waals surface area (Å²) in [6.07, 6.45) is 0. The van der Waals surface area contributed by atoms with Crippen molar-refractivity contribution in [2.24, 2.45) is 0 Å². The summed E-state index contributed by atoms with van der Waals surface area (Å²) in [4.78, 5) is 9.88. The molecule has 0 unspecified atom stereocenters. The van der Waals surface area contributed by atoms with Gasteiger partial charge in [-0.15, -0.1) is 0 Å². The van der Waals surface area contributed by atoms with E-state index in [1.165, 1.54) is 21.9 Å². The van der Waals surface area contributed by atoms with Gasteiger partial charge in [-0.2, -0.15) is 0 Å².